The summed E-state index contributed by atoms with van der Waals surface area (Å²) < 4.78 is 100. The second-order valence-electron chi connectivity index (χ2n) is 16.3. The van der Waals surface area contributed by atoms with Crippen LogP contribution < -0.4 is 9.30 Å². The second kappa shape index (κ2) is 15.5. The molecule has 0 saturated heterocycles. The van der Waals surface area contributed by atoms with Crippen molar-refractivity contribution in [3.63, 3.8) is 0 Å². The lowest BCUT2D eigenvalue weighted by molar-refractivity contribution is -0.571. The molecule has 8 aromatic carbocycles. The molecule has 3 heterocycles. The lowest BCUT2D eigenvalue weighted by atomic mass is 9.88. The van der Waals surface area contributed by atoms with Crippen LogP contribution in [-0.2, 0) is 5.41 Å². The summed E-state index contributed by atoms with van der Waals surface area (Å²) in [7, 11) is 0. The molecule has 0 N–H and O–H groups in total. The first-order valence-electron chi connectivity index (χ1n) is 25.6. The predicted octanol–water partition coefficient (Wildman–Crippen LogP) is 14.3. The number of para-hydroxylation sites is 4. The van der Waals surface area contributed by atoms with Gasteiger partial charge in [0.25, 0.3) is 6.33 Å². The van der Waals surface area contributed by atoms with E-state index in [2.05, 4.69) is 80.2 Å². The van der Waals surface area contributed by atoms with E-state index in [0.29, 0.717) is 28.2 Å². The number of hydrogen-bond donors (Lipinski definition) is 0. The van der Waals surface area contributed by atoms with Crippen molar-refractivity contribution in [2.24, 2.45) is 0 Å². The van der Waals surface area contributed by atoms with Gasteiger partial charge in [-0.15, -0.1) is 0 Å². The summed E-state index contributed by atoms with van der Waals surface area (Å²) in [6.07, 6.45) is 5.33. The van der Waals surface area contributed by atoms with Crippen molar-refractivity contribution in [2.45, 2.75) is 26.2 Å². The first-order valence-corrected chi connectivity index (χ1v) is 20.6. The highest BCUT2D eigenvalue weighted by molar-refractivity contribution is 6.11. The third kappa shape index (κ3) is 6.84. The van der Waals surface area contributed by atoms with Crippen LogP contribution in [0.25, 0.3) is 83.4 Å². The van der Waals surface area contributed by atoms with Gasteiger partial charge >= 0.3 is 0 Å². The molecule has 0 aliphatic heterocycles. The summed E-state index contributed by atoms with van der Waals surface area (Å²) >= 11 is 0. The second-order valence-corrected chi connectivity index (χ2v) is 16.3. The Kier molecular flexibility index (Phi) is 7.00. The van der Waals surface area contributed by atoms with Crippen molar-refractivity contribution in [2.75, 3.05) is 0 Å². The highest BCUT2D eigenvalue weighted by Gasteiger charge is 2.22. The minimum atomic E-state index is -0.568. The van der Waals surface area contributed by atoms with Crippen LogP contribution in [0.3, 0.4) is 0 Å². The van der Waals surface area contributed by atoms with Crippen molar-refractivity contribution in [3.8, 4) is 62.1 Å². The molecular weight excluding hydrogens is 769 g/mol. The molecule has 3 aromatic heterocycles. The zero-order valence-corrected chi connectivity index (χ0v) is 34.6. The molecule has 0 aliphatic rings. The standard InChI is InChI=1S/C58H44N4O/c1-58(2,3)43-33-34-59-56(35-43)62-51-30-14-13-27-48(51)50-37-49(42-23-11-6-12-24-42)55(38-54(50)62)63-45-26-17-25-44(36-45)60-39-61(53-32-16-15-31-52(53)60)57-46(40-19-7-4-8-20-40)28-18-29-47(57)41-21-9-5-10-22-41/h4-38H,1-3H3/i4D,5D,7D,8D,9D,10D,19D,20D,21D,22D. The molecule has 5 nitrogen and oxygen atoms in total. The maximum absolute atomic E-state index is 9.06. The van der Waals surface area contributed by atoms with Gasteiger partial charge in [-0.3, -0.25) is 13.7 Å². The Morgan fingerprint density at radius 1 is 0.571 bits per heavy atom. The van der Waals surface area contributed by atoms with E-state index in [1.165, 1.54) is 0 Å². The monoisotopic (exact) mass is 822 g/mol. The Balaban J connectivity index is 1.12. The minimum absolute atomic E-state index is 0.113. The molecule has 0 saturated carbocycles. The molecule has 63 heavy (non-hydrogen) atoms. The Morgan fingerprint density at radius 3 is 1.97 bits per heavy atom. The number of ether oxygens (including phenoxy) is 1. The fraction of sp³-hybridized carbons (Fsp3) is 0.0690. The van der Waals surface area contributed by atoms with Gasteiger partial charge in [-0.25, -0.2) is 4.98 Å². The zero-order chi connectivity index (χ0) is 51.2. The summed E-state index contributed by atoms with van der Waals surface area (Å²) in [6.45, 7) is 6.55. The summed E-state index contributed by atoms with van der Waals surface area (Å²) in [4.78, 5) is 4.90. The Morgan fingerprint density at radius 2 is 1.24 bits per heavy atom. The number of pyridine rings is 1. The van der Waals surface area contributed by atoms with Gasteiger partial charge in [-0.05, 0) is 81.3 Å². The SMILES string of the molecule is [2H]c1c([2H])c([2H])c(-c2cccc(-c3c([2H])c([2H])c([2H])c([2H])c3[2H])c2-[n+]2[c-]n(-c3cccc(Oc4cc5c(cc4-c4ccccc4)c4ccccc4n5-c4cc(C(C)(C)C)ccn4)c3)c3ccccc32)c([2H])c1[2H]. The van der Waals surface area contributed by atoms with Crippen LogP contribution in [0.2, 0.25) is 0 Å². The molecule has 0 unspecified atom stereocenters. The molecule has 5 heteroatoms. The molecule has 0 atom stereocenters. The number of fused-ring (bicyclic) bond motifs is 4. The Hall–Kier alpha value is -8.02. The van der Waals surface area contributed by atoms with E-state index in [1.807, 2.05) is 85.1 Å². The minimum Gasteiger partial charge on any atom is -0.457 e. The molecule has 0 aliphatic carbocycles. The lowest BCUT2D eigenvalue weighted by Gasteiger charge is -2.20. The van der Waals surface area contributed by atoms with Crippen LogP contribution in [0.4, 0.5) is 0 Å². The van der Waals surface area contributed by atoms with Gasteiger partial charge in [0, 0.05) is 28.6 Å². The molecular formula is C58H44N4O. The van der Waals surface area contributed by atoms with Crippen molar-refractivity contribution in [3.05, 3.63) is 224 Å². The molecule has 0 bridgehead atoms. The van der Waals surface area contributed by atoms with Gasteiger partial charge in [0.1, 0.15) is 17.3 Å². The van der Waals surface area contributed by atoms with Gasteiger partial charge in [0.05, 0.1) is 47.1 Å². The van der Waals surface area contributed by atoms with Crippen LogP contribution in [-0.4, -0.2) is 14.1 Å². The topological polar surface area (TPSA) is 35.9 Å². The Bertz CT molecular complexity index is 3920. The van der Waals surface area contributed by atoms with Gasteiger partial charge in [-0.1, -0.05) is 178 Å². The van der Waals surface area contributed by atoms with E-state index in [9.17, 15) is 0 Å². The van der Waals surface area contributed by atoms with Crippen LogP contribution in [0, 0.1) is 6.33 Å². The van der Waals surface area contributed by atoms with Gasteiger partial charge in [0.15, 0.2) is 0 Å². The molecule has 0 spiro atoms. The van der Waals surface area contributed by atoms with E-state index >= 15 is 0 Å². The molecule has 11 aromatic rings. The largest absolute Gasteiger partial charge is 0.457 e. The van der Waals surface area contributed by atoms with E-state index in [1.54, 1.807) is 27.3 Å². The number of rotatable bonds is 8. The summed E-state index contributed by atoms with van der Waals surface area (Å²) in [5.74, 6) is 1.88. The van der Waals surface area contributed by atoms with Gasteiger partial charge in [-0.2, -0.15) is 0 Å². The number of benzene rings is 8. The summed E-state index contributed by atoms with van der Waals surface area (Å²) in [5.41, 5.74) is 6.82. The third-order valence-electron chi connectivity index (χ3n) is 11.4. The van der Waals surface area contributed by atoms with Crippen molar-refractivity contribution in [1.82, 2.24) is 14.1 Å². The maximum Gasteiger partial charge on any atom is 0.269 e. The Labute approximate surface area is 381 Å². The molecule has 0 amide bonds. The highest BCUT2D eigenvalue weighted by Crippen LogP contribution is 2.42. The highest BCUT2D eigenvalue weighted by atomic mass is 16.5. The van der Waals surface area contributed by atoms with Crippen LogP contribution in [0.1, 0.15) is 40.0 Å². The molecule has 11 rings (SSSR count). The van der Waals surface area contributed by atoms with Gasteiger partial charge < -0.3 is 4.74 Å². The third-order valence-corrected chi connectivity index (χ3v) is 11.4. The van der Waals surface area contributed by atoms with Crippen LogP contribution in [0.5, 0.6) is 11.5 Å². The predicted molar refractivity (Wildman–Crippen MR) is 257 cm³/mol. The average Bonchev–Trinajstić information content (AvgIpc) is 3.94. The summed E-state index contributed by atoms with van der Waals surface area (Å²) in [6, 6.07) is 41.3. The van der Waals surface area contributed by atoms with Gasteiger partial charge in [0.2, 0.25) is 0 Å². The quantitative estimate of drug-likeness (QED) is 0.113. The number of aromatic nitrogens is 4. The normalized spacial score (nSPS) is 14.0. The van der Waals surface area contributed by atoms with E-state index in [4.69, 9.17) is 23.4 Å². The summed E-state index contributed by atoms with van der Waals surface area (Å²) in [5, 5.41) is 2.10. The average molecular weight is 823 g/mol. The molecule has 302 valence electrons. The van der Waals surface area contributed by atoms with Crippen molar-refractivity contribution >= 4 is 32.8 Å². The van der Waals surface area contributed by atoms with E-state index in [-0.39, 0.29) is 33.4 Å². The lowest BCUT2D eigenvalue weighted by Crippen LogP contribution is -2.31. The first kappa shape index (κ1) is 28.5. The van der Waals surface area contributed by atoms with E-state index in [0.717, 1.165) is 44.3 Å². The molecule has 0 fully saturated rings. The fourth-order valence-electron chi connectivity index (χ4n) is 8.37. The smallest absolute Gasteiger partial charge is 0.269 e. The fourth-order valence-corrected chi connectivity index (χ4v) is 8.37. The van der Waals surface area contributed by atoms with Crippen LogP contribution >= 0.6 is 0 Å². The maximum atomic E-state index is 9.06. The number of imidazole rings is 1. The van der Waals surface area contributed by atoms with Crippen molar-refractivity contribution < 1.29 is 23.0 Å². The molecule has 0 radical (unpaired) electrons. The van der Waals surface area contributed by atoms with Crippen LogP contribution in [0.15, 0.2) is 212 Å². The number of nitrogens with zero attached hydrogens (tertiary/aromatic N) is 4. The zero-order valence-electron chi connectivity index (χ0n) is 44.6. The number of hydrogen-bond acceptors (Lipinski definition) is 2. The van der Waals surface area contributed by atoms with Crippen molar-refractivity contribution in [1.29, 1.82) is 0 Å². The first-order chi connectivity index (χ1) is 35.0. The van der Waals surface area contributed by atoms with E-state index < -0.39 is 60.4 Å².